The van der Waals surface area contributed by atoms with Crippen molar-refractivity contribution in [3.63, 3.8) is 0 Å². The van der Waals surface area contributed by atoms with Crippen molar-refractivity contribution in [1.82, 2.24) is 0 Å². The van der Waals surface area contributed by atoms with Crippen LogP contribution in [0.15, 0.2) is 72.3 Å². The van der Waals surface area contributed by atoms with Gasteiger partial charge in [-0.15, -0.1) is 0 Å². The van der Waals surface area contributed by atoms with Crippen LogP contribution in [0.2, 0.25) is 0 Å². The zero-order chi connectivity index (χ0) is 23.0. The molecular weight excluding hydrogens is 416 g/mol. The van der Waals surface area contributed by atoms with Crippen molar-refractivity contribution in [2.24, 2.45) is 0 Å². The molecule has 0 bridgehead atoms. The van der Waals surface area contributed by atoms with Gasteiger partial charge in [-0.3, -0.25) is 14.5 Å². The minimum Gasteiger partial charge on any atom is -0.507 e. The fourth-order valence-electron chi connectivity index (χ4n) is 3.77. The highest BCUT2D eigenvalue weighted by molar-refractivity contribution is 6.51. The lowest BCUT2D eigenvalue weighted by Gasteiger charge is -2.25. The van der Waals surface area contributed by atoms with Crippen molar-refractivity contribution in [3.8, 4) is 5.75 Å². The van der Waals surface area contributed by atoms with E-state index in [-0.39, 0.29) is 22.4 Å². The lowest BCUT2D eigenvalue weighted by molar-refractivity contribution is -0.132. The molecule has 1 amide bonds. The van der Waals surface area contributed by atoms with E-state index in [1.165, 1.54) is 50.4 Å². The first-order valence-corrected chi connectivity index (χ1v) is 9.79. The number of carbonyl (C=O) groups excluding carboxylic acids is 2. The van der Waals surface area contributed by atoms with Gasteiger partial charge in [0.1, 0.15) is 23.1 Å². The third-order valence-electron chi connectivity index (χ3n) is 5.39. The average molecular weight is 435 g/mol. The average Bonchev–Trinajstić information content (AvgIpc) is 3.06. The summed E-state index contributed by atoms with van der Waals surface area (Å²) in [6, 6.07) is 14.8. The van der Waals surface area contributed by atoms with Crippen molar-refractivity contribution in [1.29, 1.82) is 0 Å². The van der Waals surface area contributed by atoms with E-state index in [4.69, 9.17) is 4.74 Å². The van der Waals surface area contributed by atoms with Crippen LogP contribution in [-0.4, -0.2) is 23.9 Å². The van der Waals surface area contributed by atoms with Gasteiger partial charge in [-0.2, -0.15) is 0 Å². The maximum Gasteiger partial charge on any atom is 0.300 e. The number of halogens is 2. The predicted molar refractivity (Wildman–Crippen MR) is 115 cm³/mol. The molecule has 1 aliphatic heterocycles. The summed E-state index contributed by atoms with van der Waals surface area (Å²) in [5.41, 5.74) is 0.974. The maximum atomic E-state index is 13.9. The SMILES string of the molecule is COc1ccc(C2/C(=C(\O)c3ccc(F)c(C)c3)C(=O)C(=O)N2c2cccc(F)c2)cc1. The Balaban J connectivity index is 1.95. The molecule has 1 atom stereocenters. The maximum absolute atomic E-state index is 13.9. The summed E-state index contributed by atoms with van der Waals surface area (Å²) in [5, 5.41) is 11.0. The molecule has 162 valence electrons. The van der Waals surface area contributed by atoms with Crippen LogP contribution in [0.4, 0.5) is 14.5 Å². The van der Waals surface area contributed by atoms with E-state index in [0.717, 1.165) is 11.0 Å². The quantitative estimate of drug-likeness (QED) is 0.359. The monoisotopic (exact) mass is 435 g/mol. The van der Waals surface area contributed by atoms with Gasteiger partial charge in [0.05, 0.1) is 18.7 Å². The molecule has 5 nitrogen and oxygen atoms in total. The summed E-state index contributed by atoms with van der Waals surface area (Å²) in [6.07, 6.45) is 0. The largest absolute Gasteiger partial charge is 0.507 e. The number of amides is 1. The molecule has 1 heterocycles. The van der Waals surface area contributed by atoms with Gasteiger partial charge in [0, 0.05) is 11.3 Å². The second-order valence-corrected chi connectivity index (χ2v) is 7.39. The molecule has 3 aromatic carbocycles. The predicted octanol–water partition coefficient (Wildman–Crippen LogP) is 4.91. The highest BCUT2D eigenvalue weighted by atomic mass is 19.1. The molecule has 7 heteroatoms. The molecule has 0 aromatic heterocycles. The second kappa shape index (κ2) is 8.26. The number of ketones is 1. The number of Topliss-reactive ketones (excluding diaryl/α,β-unsaturated/α-hetero) is 1. The lowest BCUT2D eigenvalue weighted by atomic mass is 9.94. The van der Waals surface area contributed by atoms with Gasteiger partial charge < -0.3 is 9.84 Å². The van der Waals surface area contributed by atoms with E-state index in [9.17, 15) is 23.5 Å². The van der Waals surface area contributed by atoms with Crippen molar-refractivity contribution in [2.75, 3.05) is 12.0 Å². The van der Waals surface area contributed by atoms with Crippen molar-refractivity contribution in [3.05, 3.63) is 101 Å². The third-order valence-corrected chi connectivity index (χ3v) is 5.39. The summed E-state index contributed by atoms with van der Waals surface area (Å²) >= 11 is 0. The zero-order valence-corrected chi connectivity index (χ0v) is 17.3. The first-order chi connectivity index (χ1) is 15.3. The van der Waals surface area contributed by atoms with Crippen LogP contribution in [0.5, 0.6) is 5.75 Å². The molecule has 0 radical (unpaired) electrons. The van der Waals surface area contributed by atoms with Gasteiger partial charge in [0.2, 0.25) is 0 Å². The molecule has 0 aliphatic carbocycles. The van der Waals surface area contributed by atoms with E-state index in [2.05, 4.69) is 0 Å². The molecule has 1 fully saturated rings. The Morgan fingerprint density at radius 3 is 2.34 bits per heavy atom. The number of aryl methyl sites for hydroxylation is 1. The fraction of sp³-hybridized carbons (Fsp3) is 0.120. The molecule has 3 aromatic rings. The Bertz CT molecular complexity index is 1250. The molecule has 1 aliphatic rings. The first kappa shape index (κ1) is 21.2. The van der Waals surface area contributed by atoms with Gasteiger partial charge >= 0.3 is 0 Å². The Morgan fingerprint density at radius 2 is 1.72 bits per heavy atom. The third kappa shape index (κ3) is 3.62. The van der Waals surface area contributed by atoms with Crippen molar-refractivity contribution < 1.29 is 28.2 Å². The topological polar surface area (TPSA) is 66.8 Å². The molecule has 1 N–H and O–H groups in total. The van der Waals surface area contributed by atoms with Crippen LogP contribution in [0.1, 0.15) is 22.7 Å². The number of hydrogen-bond donors (Lipinski definition) is 1. The molecule has 1 unspecified atom stereocenters. The van der Waals surface area contributed by atoms with E-state index in [1.807, 2.05) is 0 Å². The van der Waals surface area contributed by atoms with Crippen LogP contribution in [-0.2, 0) is 9.59 Å². The Morgan fingerprint density at radius 1 is 1.00 bits per heavy atom. The molecule has 1 saturated heterocycles. The Kier molecular flexibility index (Phi) is 5.48. The van der Waals surface area contributed by atoms with Gasteiger partial charge in [-0.25, -0.2) is 8.78 Å². The summed E-state index contributed by atoms with van der Waals surface area (Å²) in [4.78, 5) is 27.2. The van der Waals surface area contributed by atoms with E-state index < -0.39 is 35.1 Å². The summed E-state index contributed by atoms with van der Waals surface area (Å²) in [5.74, 6) is -2.75. The number of anilines is 1. The molecule has 32 heavy (non-hydrogen) atoms. The highest BCUT2D eigenvalue weighted by Gasteiger charge is 2.47. The van der Waals surface area contributed by atoms with Crippen LogP contribution in [0.3, 0.4) is 0 Å². The zero-order valence-electron chi connectivity index (χ0n) is 17.3. The molecule has 0 spiro atoms. The number of aliphatic hydroxyl groups is 1. The fourth-order valence-corrected chi connectivity index (χ4v) is 3.77. The van der Waals surface area contributed by atoms with E-state index >= 15 is 0 Å². The van der Waals surface area contributed by atoms with Gasteiger partial charge in [-0.05, 0) is 66.6 Å². The van der Waals surface area contributed by atoms with E-state index in [1.54, 1.807) is 24.3 Å². The number of hydrogen-bond acceptors (Lipinski definition) is 4. The van der Waals surface area contributed by atoms with Crippen LogP contribution in [0.25, 0.3) is 5.76 Å². The number of aliphatic hydroxyl groups excluding tert-OH is 1. The number of benzene rings is 3. The minimum absolute atomic E-state index is 0.169. The van der Waals surface area contributed by atoms with Crippen LogP contribution < -0.4 is 9.64 Å². The van der Waals surface area contributed by atoms with Crippen molar-refractivity contribution >= 4 is 23.1 Å². The van der Waals surface area contributed by atoms with E-state index in [0.29, 0.717) is 11.3 Å². The second-order valence-electron chi connectivity index (χ2n) is 7.39. The van der Waals surface area contributed by atoms with Gasteiger partial charge in [0.15, 0.2) is 0 Å². The van der Waals surface area contributed by atoms with Gasteiger partial charge in [0.25, 0.3) is 11.7 Å². The van der Waals surface area contributed by atoms with Crippen LogP contribution in [0, 0.1) is 18.6 Å². The number of ether oxygens (including phenoxy) is 1. The number of methoxy groups -OCH3 is 1. The van der Waals surface area contributed by atoms with Crippen molar-refractivity contribution in [2.45, 2.75) is 13.0 Å². The Hall–Kier alpha value is -4.00. The van der Waals surface area contributed by atoms with Gasteiger partial charge in [-0.1, -0.05) is 18.2 Å². The number of carbonyl (C=O) groups is 2. The summed E-state index contributed by atoms with van der Waals surface area (Å²) in [6.45, 7) is 1.53. The first-order valence-electron chi connectivity index (χ1n) is 9.79. The molecular formula is C25H19F2NO4. The smallest absolute Gasteiger partial charge is 0.300 e. The normalized spacial score (nSPS) is 17.6. The van der Waals surface area contributed by atoms with Crippen LogP contribution >= 0.6 is 0 Å². The molecule has 4 rings (SSSR count). The lowest BCUT2D eigenvalue weighted by Crippen LogP contribution is -2.29. The minimum atomic E-state index is -1.02. The highest BCUT2D eigenvalue weighted by Crippen LogP contribution is 2.42. The summed E-state index contributed by atoms with van der Waals surface area (Å²) < 4.78 is 32.9. The summed E-state index contributed by atoms with van der Waals surface area (Å²) in [7, 11) is 1.50. The number of rotatable bonds is 4. The molecule has 0 saturated carbocycles. The Labute approximate surface area is 183 Å². The standard InChI is InChI=1S/C25H19F2NO4/c1-14-12-16(8-11-20(14)27)23(29)21-22(15-6-9-19(32-2)10-7-15)28(25(31)24(21)30)18-5-3-4-17(26)13-18/h3-13,22,29H,1-2H3/b23-21+. The number of nitrogens with zero attached hydrogens (tertiary/aromatic N) is 1.